The number of hydrogen-bond donors (Lipinski definition) is 1. The Morgan fingerprint density at radius 3 is 2.00 bits per heavy atom. The molecule has 0 radical (unpaired) electrons. The largest absolute Gasteiger partial charge is 0.507 e. The molecule has 1 aliphatic rings. The third kappa shape index (κ3) is 4.31. The lowest BCUT2D eigenvalue weighted by atomic mass is 9.94. The van der Waals surface area contributed by atoms with E-state index in [9.17, 15) is 14.7 Å². The van der Waals surface area contributed by atoms with Crippen LogP contribution >= 0.6 is 0 Å². The molecule has 0 saturated carbocycles. The number of nitrogens with zero attached hydrogens (tertiary/aromatic N) is 2. The van der Waals surface area contributed by atoms with Gasteiger partial charge >= 0.3 is 0 Å². The van der Waals surface area contributed by atoms with Gasteiger partial charge in [-0.3, -0.25) is 9.59 Å². The third-order valence-corrected chi connectivity index (χ3v) is 5.81. The van der Waals surface area contributed by atoms with Gasteiger partial charge in [-0.05, 0) is 32.5 Å². The molecule has 3 rings (SSSR count). The zero-order valence-corrected chi connectivity index (χ0v) is 18.2. The summed E-state index contributed by atoms with van der Waals surface area (Å²) < 4.78 is 0. The Balaban J connectivity index is 2.08. The van der Waals surface area contributed by atoms with Crippen molar-refractivity contribution in [2.75, 3.05) is 26.2 Å². The second-order valence-corrected chi connectivity index (χ2v) is 7.80. The number of aliphatic hydroxyl groups excluding tert-OH is 1. The highest BCUT2D eigenvalue weighted by Gasteiger charge is 2.45. The highest BCUT2D eigenvalue weighted by Crippen LogP contribution is 2.39. The molecule has 5 heteroatoms. The normalized spacial score (nSPS) is 18.4. The predicted octanol–water partition coefficient (Wildman–Crippen LogP) is 4.07. The fraction of sp³-hybridized carbons (Fsp3) is 0.360. The average Bonchev–Trinajstić information content (AvgIpc) is 3.00. The number of rotatable bonds is 7. The molecule has 1 heterocycles. The second-order valence-electron chi connectivity index (χ2n) is 7.80. The van der Waals surface area contributed by atoms with Crippen LogP contribution in [0.4, 0.5) is 0 Å². The number of carbonyl (C=O) groups excluding carboxylic acids is 2. The summed E-state index contributed by atoms with van der Waals surface area (Å²) in [5.41, 5.74) is 3.68. The highest BCUT2D eigenvalue weighted by atomic mass is 16.3. The van der Waals surface area contributed by atoms with Gasteiger partial charge in [-0.25, -0.2) is 0 Å². The monoisotopic (exact) mass is 406 g/mol. The van der Waals surface area contributed by atoms with Crippen molar-refractivity contribution >= 4 is 17.4 Å². The minimum Gasteiger partial charge on any atom is -0.507 e. The van der Waals surface area contributed by atoms with E-state index < -0.39 is 17.7 Å². The summed E-state index contributed by atoms with van der Waals surface area (Å²) >= 11 is 0. The average molecular weight is 407 g/mol. The van der Waals surface area contributed by atoms with Gasteiger partial charge in [0.1, 0.15) is 5.76 Å². The lowest BCUT2D eigenvalue weighted by Crippen LogP contribution is -2.38. The Hall–Kier alpha value is -2.92. The molecule has 1 aliphatic heterocycles. The van der Waals surface area contributed by atoms with Gasteiger partial charge in [0.2, 0.25) is 0 Å². The molecular formula is C25H30N2O3. The first-order valence-electron chi connectivity index (χ1n) is 10.5. The maximum absolute atomic E-state index is 13.0. The van der Waals surface area contributed by atoms with Crippen molar-refractivity contribution in [3.63, 3.8) is 0 Å². The van der Waals surface area contributed by atoms with E-state index in [4.69, 9.17) is 0 Å². The van der Waals surface area contributed by atoms with E-state index in [0.29, 0.717) is 18.7 Å². The van der Waals surface area contributed by atoms with Gasteiger partial charge in [-0.15, -0.1) is 0 Å². The molecule has 0 spiro atoms. The van der Waals surface area contributed by atoms with Crippen molar-refractivity contribution in [3.05, 3.63) is 76.4 Å². The molecule has 0 aromatic heterocycles. The maximum Gasteiger partial charge on any atom is 0.295 e. The van der Waals surface area contributed by atoms with Crippen LogP contribution in [0.15, 0.2) is 54.1 Å². The van der Waals surface area contributed by atoms with Crippen LogP contribution in [-0.4, -0.2) is 52.8 Å². The topological polar surface area (TPSA) is 60.9 Å². The van der Waals surface area contributed by atoms with Gasteiger partial charge in [0.05, 0.1) is 11.6 Å². The number of aryl methyl sites for hydroxylation is 2. The molecule has 0 unspecified atom stereocenters. The van der Waals surface area contributed by atoms with Gasteiger partial charge in [-0.2, -0.15) is 0 Å². The number of likely N-dealkylation sites (N-methyl/N-ethyl adjacent to an activating group) is 1. The number of likely N-dealkylation sites (tertiary alicyclic amines) is 1. The van der Waals surface area contributed by atoms with Crippen LogP contribution in [0.5, 0.6) is 0 Å². The number of hydrogen-bond acceptors (Lipinski definition) is 4. The van der Waals surface area contributed by atoms with Crippen molar-refractivity contribution in [3.8, 4) is 0 Å². The van der Waals surface area contributed by atoms with Crippen molar-refractivity contribution in [1.29, 1.82) is 0 Å². The minimum atomic E-state index is -0.627. The summed E-state index contributed by atoms with van der Waals surface area (Å²) in [5, 5.41) is 11.0. The molecular weight excluding hydrogens is 376 g/mol. The standard InChI is InChI=1S/C25H30N2O3/c1-5-26(6-2)15-16-27-22(19-11-7-17(3)8-12-19)21(24(29)25(27)30)23(28)20-13-9-18(4)10-14-20/h7-14,22,28H,5-6,15-16H2,1-4H3/t22-/m0/s1. The zero-order chi connectivity index (χ0) is 21.8. The number of amides is 1. The lowest BCUT2D eigenvalue weighted by Gasteiger charge is -2.28. The molecule has 1 atom stereocenters. The van der Waals surface area contributed by atoms with Crippen LogP contribution in [0.3, 0.4) is 0 Å². The van der Waals surface area contributed by atoms with E-state index >= 15 is 0 Å². The molecule has 1 N–H and O–H groups in total. The van der Waals surface area contributed by atoms with E-state index in [-0.39, 0.29) is 11.3 Å². The Kier molecular flexibility index (Phi) is 6.73. The maximum atomic E-state index is 13.0. The van der Waals surface area contributed by atoms with Crippen LogP contribution in [0.1, 0.15) is 42.1 Å². The number of Topliss-reactive ketones (excluding diaryl/α,β-unsaturated/α-hetero) is 1. The van der Waals surface area contributed by atoms with E-state index in [1.807, 2.05) is 50.2 Å². The summed E-state index contributed by atoms with van der Waals surface area (Å²) in [6, 6.07) is 14.5. The summed E-state index contributed by atoms with van der Waals surface area (Å²) in [6.45, 7) is 11.0. The third-order valence-electron chi connectivity index (χ3n) is 5.81. The van der Waals surface area contributed by atoms with Crippen LogP contribution in [0, 0.1) is 13.8 Å². The smallest absolute Gasteiger partial charge is 0.295 e. The van der Waals surface area contributed by atoms with Gasteiger partial charge in [-0.1, -0.05) is 73.5 Å². The van der Waals surface area contributed by atoms with E-state index in [1.54, 1.807) is 17.0 Å². The SMILES string of the molecule is CCN(CC)CCN1C(=O)C(=O)C(=C(O)c2ccc(C)cc2)[C@@H]1c1ccc(C)cc1. The quantitative estimate of drug-likeness (QED) is 0.428. The van der Waals surface area contributed by atoms with Crippen LogP contribution in [0.25, 0.3) is 5.76 Å². The molecule has 2 aromatic carbocycles. The molecule has 0 aliphatic carbocycles. The molecule has 2 aromatic rings. The summed E-state index contributed by atoms with van der Waals surface area (Å²) in [6.07, 6.45) is 0. The molecule has 0 bridgehead atoms. The van der Waals surface area contributed by atoms with E-state index in [2.05, 4.69) is 18.7 Å². The fourth-order valence-corrected chi connectivity index (χ4v) is 3.86. The van der Waals surface area contributed by atoms with Crippen molar-refractivity contribution in [1.82, 2.24) is 9.80 Å². The molecule has 1 saturated heterocycles. The summed E-state index contributed by atoms with van der Waals surface area (Å²) in [5.74, 6) is -1.30. The van der Waals surface area contributed by atoms with Crippen molar-refractivity contribution < 1.29 is 14.7 Å². The Bertz CT molecular complexity index is 941. The zero-order valence-electron chi connectivity index (χ0n) is 18.2. The molecule has 1 amide bonds. The minimum absolute atomic E-state index is 0.121. The number of benzene rings is 2. The first kappa shape index (κ1) is 21.8. The number of aliphatic hydroxyl groups is 1. The van der Waals surface area contributed by atoms with Gasteiger partial charge in [0.25, 0.3) is 11.7 Å². The summed E-state index contributed by atoms with van der Waals surface area (Å²) in [7, 11) is 0. The van der Waals surface area contributed by atoms with Gasteiger partial charge in [0.15, 0.2) is 0 Å². The Morgan fingerprint density at radius 1 is 0.933 bits per heavy atom. The van der Waals surface area contributed by atoms with E-state index in [0.717, 1.165) is 29.8 Å². The Morgan fingerprint density at radius 2 is 1.47 bits per heavy atom. The molecule has 1 fully saturated rings. The van der Waals surface area contributed by atoms with Crippen LogP contribution in [0.2, 0.25) is 0 Å². The molecule has 158 valence electrons. The fourth-order valence-electron chi connectivity index (χ4n) is 3.86. The van der Waals surface area contributed by atoms with Crippen molar-refractivity contribution in [2.24, 2.45) is 0 Å². The van der Waals surface area contributed by atoms with Gasteiger partial charge < -0.3 is 14.9 Å². The number of carbonyl (C=O) groups is 2. The first-order chi connectivity index (χ1) is 14.4. The van der Waals surface area contributed by atoms with Crippen LogP contribution < -0.4 is 0 Å². The molecule has 5 nitrogen and oxygen atoms in total. The summed E-state index contributed by atoms with van der Waals surface area (Å²) in [4.78, 5) is 29.8. The second kappa shape index (κ2) is 9.26. The first-order valence-corrected chi connectivity index (χ1v) is 10.5. The number of ketones is 1. The lowest BCUT2D eigenvalue weighted by molar-refractivity contribution is -0.140. The predicted molar refractivity (Wildman–Crippen MR) is 119 cm³/mol. The highest BCUT2D eigenvalue weighted by molar-refractivity contribution is 6.46. The van der Waals surface area contributed by atoms with Crippen molar-refractivity contribution in [2.45, 2.75) is 33.7 Å². The van der Waals surface area contributed by atoms with Gasteiger partial charge in [0, 0.05) is 18.7 Å². The van der Waals surface area contributed by atoms with E-state index in [1.165, 1.54) is 0 Å². The Labute approximate surface area is 178 Å². The molecule has 30 heavy (non-hydrogen) atoms. The van der Waals surface area contributed by atoms with Crippen LogP contribution in [-0.2, 0) is 9.59 Å².